The Balaban J connectivity index is 2.23. The molecule has 192 valence electrons. The molecule has 36 heavy (non-hydrogen) atoms. The monoisotopic (exact) mass is 503 g/mol. The quantitative estimate of drug-likeness (QED) is 0.230. The molecule has 0 aromatic heterocycles. The highest BCUT2D eigenvalue weighted by atomic mass is 19.1. The van der Waals surface area contributed by atoms with Crippen LogP contribution in [0.25, 0.3) is 6.08 Å². The van der Waals surface area contributed by atoms with E-state index in [0.717, 1.165) is 18.2 Å². The number of hydrogen-bond acceptors (Lipinski definition) is 6. The largest absolute Gasteiger partial charge is 0.466 e. The van der Waals surface area contributed by atoms with Crippen LogP contribution in [-0.4, -0.2) is 48.5 Å². The second kappa shape index (κ2) is 10.7. The fourth-order valence-electron chi connectivity index (χ4n) is 4.49. The van der Waals surface area contributed by atoms with E-state index in [9.17, 15) is 18.8 Å². The number of fused-ring (bicyclic) bond motifs is 1. The van der Waals surface area contributed by atoms with Gasteiger partial charge < -0.3 is 9.47 Å². The first-order chi connectivity index (χ1) is 16.8. The van der Waals surface area contributed by atoms with Crippen molar-refractivity contribution in [3.05, 3.63) is 69.8 Å². The van der Waals surface area contributed by atoms with E-state index in [1.165, 1.54) is 46.1 Å². The van der Waals surface area contributed by atoms with E-state index in [1.807, 2.05) is 6.92 Å². The van der Waals surface area contributed by atoms with Crippen LogP contribution in [0.1, 0.15) is 66.3 Å². The van der Waals surface area contributed by atoms with Crippen LogP contribution in [0.3, 0.4) is 0 Å². The molecule has 0 amide bonds. The molecule has 0 fully saturated rings. The molecule has 0 radical (unpaired) electrons. The summed E-state index contributed by atoms with van der Waals surface area (Å²) < 4.78 is 55.5. The molecule has 0 aliphatic carbocycles. The molecule has 2 aromatic rings. The molecule has 0 saturated carbocycles. The van der Waals surface area contributed by atoms with Gasteiger partial charge >= 0.3 is 11.9 Å². The lowest BCUT2D eigenvalue weighted by Crippen LogP contribution is -2.48. The van der Waals surface area contributed by atoms with Crippen LogP contribution in [0.4, 0.5) is 13.2 Å². The Morgan fingerprint density at radius 1 is 1.17 bits per heavy atom. The Kier molecular flexibility index (Phi) is 8.03. The SMILES string of the molecule is COC(=O)/C=C/c1cc(F)c([C@H]2c3cc(C=O)c(OC(C)=O)cc3C[C@H](C)N2CC(C)(C)F)c(F)c1. The lowest BCUT2D eigenvalue weighted by atomic mass is 9.82. The first-order valence-electron chi connectivity index (χ1n) is 11.3. The molecule has 0 spiro atoms. The Bertz CT molecular complexity index is 1200. The van der Waals surface area contributed by atoms with Crippen LogP contribution in [0.15, 0.2) is 30.3 Å². The molecule has 0 bridgehead atoms. The number of methoxy groups -OCH3 is 1. The summed E-state index contributed by atoms with van der Waals surface area (Å²) in [5, 5.41) is 0. The highest BCUT2D eigenvalue weighted by molar-refractivity contribution is 5.87. The minimum absolute atomic E-state index is 0.0291. The third kappa shape index (κ3) is 6.02. The second-order valence-corrected chi connectivity index (χ2v) is 9.40. The van der Waals surface area contributed by atoms with Crippen LogP contribution in [-0.2, 0) is 20.7 Å². The first-order valence-corrected chi connectivity index (χ1v) is 11.3. The van der Waals surface area contributed by atoms with Crippen molar-refractivity contribution in [3.63, 3.8) is 0 Å². The van der Waals surface area contributed by atoms with Crippen LogP contribution in [0.2, 0.25) is 0 Å². The van der Waals surface area contributed by atoms with Gasteiger partial charge in [-0.05, 0) is 74.2 Å². The van der Waals surface area contributed by atoms with Crippen molar-refractivity contribution >= 4 is 24.3 Å². The van der Waals surface area contributed by atoms with E-state index >= 15 is 8.78 Å². The fourth-order valence-corrected chi connectivity index (χ4v) is 4.49. The van der Waals surface area contributed by atoms with Crippen molar-refractivity contribution < 1.29 is 37.0 Å². The molecule has 6 nitrogen and oxygen atoms in total. The van der Waals surface area contributed by atoms with Gasteiger partial charge in [0.25, 0.3) is 0 Å². The topological polar surface area (TPSA) is 72.9 Å². The van der Waals surface area contributed by atoms with Crippen molar-refractivity contribution in [2.24, 2.45) is 0 Å². The third-order valence-electron chi connectivity index (χ3n) is 5.91. The maximum atomic E-state index is 15.5. The third-order valence-corrected chi connectivity index (χ3v) is 5.91. The first kappa shape index (κ1) is 27.1. The lowest BCUT2D eigenvalue weighted by Gasteiger charge is -2.44. The summed E-state index contributed by atoms with van der Waals surface area (Å²) in [6, 6.07) is 3.68. The highest BCUT2D eigenvalue weighted by Gasteiger charge is 2.39. The summed E-state index contributed by atoms with van der Waals surface area (Å²) in [6.45, 7) is 5.62. The molecular formula is C27H28F3NO5. The van der Waals surface area contributed by atoms with Crippen LogP contribution < -0.4 is 4.74 Å². The molecule has 2 atom stereocenters. The van der Waals surface area contributed by atoms with Crippen molar-refractivity contribution in [1.29, 1.82) is 0 Å². The normalized spacial score (nSPS) is 18.1. The molecule has 0 N–H and O–H groups in total. The van der Waals surface area contributed by atoms with Gasteiger partial charge in [-0.2, -0.15) is 0 Å². The maximum absolute atomic E-state index is 15.5. The Hall–Kier alpha value is -3.46. The summed E-state index contributed by atoms with van der Waals surface area (Å²) >= 11 is 0. The van der Waals surface area contributed by atoms with Gasteiger partial charge in [0.05, 0.1) is 18.7 Å². The summed E-state index contributed by atoms with van der Waals surface area (Å²) in [5.41, 5.74) is -0.854. The second-order valence-electron chi connectivity index (χ2n) is 9.40. The van der Waals surface area contributed by atoms with E-state index in [1.54, 1.807) is 4.90 Å². The number of halogens is 3. The van der Waals surface area contributed by atoms with E-state index in [0.29, 0.717) is 23.8 Å². The van der Waals surface area contributed by atoms with Gasteiger partial charge in [0, 0.05) is 31.1 Å². The van der Waals surface area contributed by atoms with Gasteiger partial charge in [-0.1, -0.05) is 0 Å². The number of hydrogen-bond donors (Lipinski definition) is 0. The van der Waals surface area contributed by atoms with Gasteiger partial charge in [-0.3, -0.25) is 14.5 Å². The van der Waals surface area contributed by atoms with E-state index < -0.39 is 35.3 Å². The van der Waals surface area contributed by atoms with Crippen LogP contribution in [0, 0.1) is 11.6 Å². The average molecular weight is 504 g/mol. The Morgan fingerprint density at radius 2 is 1.81 bits per heavy atom. The van der Waals surface area contributed by atoms with Crippen LogP contribution in [0.5, 0.6) is 5.75 Å². The lowest BCUT2D eigenvalue weighted by molar-refractivity contribution is -0.135. The number of carbonyl (C=O) groups excluding carboxylic acids is 3. The molecule has 1 heterocycles. The van der Waals surface area contributed by atoms with Crippen LogP contribution >= 0.6 is 0 Å². The number of esters is 2. The van der Waals surface area contributed by atoms with Crippen molar-refractivity contribution in [3.8, 4) is 5.75 Å². The minimum atomic E-state index is -1.69. The standard InChI is InChI=1S/C27H28F3NO5/c1-15-8-18-12-23(36-16(2)33)19(13-32)11-20(18)26(31(15)14-27(3,4)30)25-21(28)9-17(10-22(25)29)6-7-24(34)35-5/h6-7,9-13,15,26H,8,14H2,1-5H3/b7-6+/t15-,26+/m0/s1. The van der Waals surface area contributed by atoms with Crippen molar-refractivity contribution in [1.82, 2.24) is 4.90 Å². The number of carbonyl (C=O) groups is 3. The van der Waals surface area contributed by atoms with Gasteiger partial charge in [0.15, 0.2) is 6.29 Å². The number of ether oxygens (including phenoxy) is 2. The predicted octanol–water partition coefficient (Wildman–Crippen LogP) is 4.97. The van der Waals surface area contributed by atoms with E-state index in [2.05, 4.69) is 4.74 Å². The van der Waals surface area contributed by atoms with E-state index in [-0.39, 0.29) is 35.0 Å². The number of rotatable bonds is 7. The smallest absolute Gasteiger partial charge is 0.330 e. The molecule has 0 unspecified atom stereocenters. The molecule has 9 heteroatoms. The zero-order chi connectivity index (χ0) is 26.8. The zero-order valence-electron chi connectivity index (χ0n) is 20.7. The van der Waals surface area contributed by atoms with Crippen molar-refractivity contribution in [2.75, 3.05) is 13.7 Å². The maximum Gasteiger partial charge on any atom is 0.330 e. The average Bonchev–Trinajstić information content (AvgIpc) is 2.77. The predicted molar refractivity (Wildman–Crippen MR) is 127 cm³/mol. The summed E-state index contributed by atoms with van der Waals surface area (Å²) in [7, 11) is 1.18. The molecule has 0 saturated heterocycles. The summed E-state index contributed by atoms with van der Waals surface area (Å²) in [4.78, 5) is 36.3. The van der Waals surface area contributed by atoms with Gasteiger partial charge in [0.2, 0.25) is 0 Å². The molecular weight excluding hydrogens is 475 g/mol. The van der Waals surface area contributed by atoms with Crippen molar-refractivity contribution in [2.45, 2.75) is 51.9 Å². The van der Waals surface area contributed by atoms with Gasteiger partial charge in [-0.15, -0.1) is 0 Å². The number of alkyl halides is 1. The molecule has 1 aliphatic heterocycles. The minimum Gasteiger partial charge on any atom is -0.466 e. The zero-order valence-corrected chi connectivity index (χ0v) is 20.7. The Labute approximate surface area is 207 Å². The van der Waals surface area contributed by atoms with Gasteiger partial charge in [0.1, 0.15) is 23.1 Å². The number of aldehydes is 1. The Morgan fingerprint density at radius 3 is 2.33 bits per heavy atom. The molecule has 1 aliphatic rings. The number of benzene rings is 2. The molecule has 3 rings (SSSR count). The molecule has 2 aromatic carbocycles. The summed E-state index contributed by atoms with van der Waals surface area (Å²) in [6.07, 6.45) is 3.12. The van der Waals surface area contributed by atoms with Gasteiger partial charge in [-0.25, -0.2) is 18.0 Å². The van der Waals surface area contributed by atoms with E-state index in [4.69, 9.17) is 4.74 Å². The fraction of sp³-hybridized carbons (Fsp3) is 0.370. The number of nitrogens with zero attached hydrogens (tertiary/aromatic N) is 1. The summed E-state index contributed by atoms with van der Waals surface area (Å²) in [5.74, 6) is -3.06. The highest BCUT2D eigenvalue weighted by Crippen LogP contribution is 2.43.